The maximum absolute atomic E-state index is 12.9. The summed E-state index contributed by atoms with van der Waals surface area (Å²) < 4.78 is 39.7. The molecule has 0 radical (unpaired) electrons. The lowest BCUT2D eigenvalue weighted by atomic mass is 10.1. The van der Waals surface area contributed by atoms with Crippen LogP contribution in [-0.2, 0) is 12.7 Å². The standard InChI is InChI=1S/C12H10F3N3O/c13-12(14,15)10-6-9(16)3-2-8(10)7-18-5-1-4-17-11(18)19/h1-6H,7,16H2. The molecule has 4 nitrogen and oxygen atoms in total. The Kier molecular flexibility index (Phi) is 3.28. The first-order chi connectivity index (χ1) is 8.88. The highest BCUT2D eigenvalue weighted by atomic mass is 19.4. The molecule has 0 atom stereocenters. The Labute approximate surface area is 106 Å². The number of rotatable bonds is 2. The Hall–Kier alpha value is -2.31. The van der Waals surface area contributed by atoms with Crippen LogP contribution in [0.25, 0.3) is 0 Å². The molecule has 100 valence electrons. The van der Waals surface area contributed by atoms with E-state index in [4.69, 9.17) is 5.73 Å². The molecule has 0 saturated carbocycles. The van der Waals surface area contributed by atoms with Crippen molar-refractivity contribution in [2.45, 2.75) is 12.7 Å². The second-order valence-corrected chi connectivity index (χ2v) is 3.94. The Bertz CT molecular complexity index is 649. The zero-order chi connectivity index (χ0) is 14.0. The average Bonchev–Trinajstić information content (AvgIpc) is 2.33. The minimum absolute atomic E-state index is 0.0228. The van der Waals surface area contributed by atoms with Crippen molar-refractivity contribution in [1.82, 2.24) is 9.55 Å². The SMILES string of the molecule is Nc1ccc(Cn2cccnc2=O)c(C(F)(F)F)c1. The molecular formula is C12H10F3N3O. The van der Waals surface area contributed by atoms with E-state index in [-0.39, 0.29) is 17.8 Å². The summed E-state index contributed by atoms with van der Waals surface area (Å²) in [6.07, 6.45) is -1.85. The average molecular weight is 269 g/mol. The first-order valence-electron chi connectivity index (χ1n) is 5.35. The van der Waals surface area contributed by atoms with Crippen LogP contribution >= 0.6 is 0 Å². The monoisotopic (exact) mass is 269 g/mol. The topological polar surface area (TPSA) is 60.9 Å². The zero-order valence-corrected chi connectivity index (χ0v) is 9.69. The normalized spacial score (nSPS) is 11.5. The minimum Gasteiger partial charge on any atom is -0.399 e. The van der Waals surface area contributed by atoms with Crippen molar-refractivity contribution in [3.8, 4) is 0 Å². The summed E-state index contributed by atoms with van der Waals surface area (Å²) >= 11 is 0. The molecule has 0 unspecified atom stereocenters. The van der Waals surface area contributed by atoms with Crippen molar-refractivity contribution in [1.29, 1.82) is 0 Å². The van der Waals surface area contributed by atoms with E-state index in [1.807, 2.05) is 0 Å². The summed E-state index contributed by atoms with van der Waals surface area (Å²) in [5, 5.41) is 0. The Morgan fingerprint density at radius 2 is 2.05 bits per heavy atom. The third-order valence-corrected chi connectivity index (χ3v) is 2.56. The van der Waals surface area contributed by atoms with Gasteiger partial charge in [0.25, 0.3) is 0 Å². The van der Waals surface area contributed by atoms with Crippen LogP contribution in [0, 0.1) is 0 Å². The number of alkyl halides is 3. The molecule has 0 aliphatic heterocycles. The number of nitrogens with two attached hydrogens (primary N) is 1. The van der Waals surface area contributed by atoms with Crippen LogP contribution in [0.4, 0.5) is 18.9 Å². The number of hydrogen-bond donors (Lipinski definition) is 1. The highest BCUT2D eigenvalue weighted by molar-refractivity contribution is 5.46. The van der Waals surface area contributed by atoms with Gasteiger partial charge in [0.15, 0.2) is 0 Å². The summed E-state index contributed by atoms with van der Waals surface area (Å²) in [5.74, 6) is 0. The lowest BCUT2D eigenvalue weighted by molar-refractivity contribution is -0.138. The molecule has 7 heteroatoms. The molecule has 0 aliphatic carbocycles. The van der Waals surface area contributed by atoms with E-state index in [1.54, 1.807) is 0 Å². The van der Waals surface area contributed by atoms with E-state index in [2.05, 4.69) is 4.98 Å². The van der Waals surface area contributed by atoms with Crippen molar-refractivity contribution in [2.75, 3.05) is 5.73 Å². The second-order valence-electron chi connectivity index (χ2n) is 3.94. The van der Waals surface area contributed by atoms with Gasteiger partial charge < -0.3 is 5.73 Å². The summed E-state index contributed by atoms with van der Waals surface area (Å²) in [6, 6.07) is 4.96. The third-order valence-electron chi connectivity index (χ3n) is 2.56. The van der Waals surface area contributed by atoms with Crippen LogP contribution in [0.2, 0.25) is 0 Å². The number of nitrogens with zero attached hydrogens (tertiary/aromatic N) is 2. The van der Waals surface area contributed by atoms with Gasteiger partial charge in [-0.15, -0.1) is 0 Å². The summed E-state index contributed by atoms with van der Waals surface area (Å²) in [5.41, 5.74) is 3.91. The van der Waals surface area contributed by atoms with Crippen molar-refractivity contribution < 1.29 is 13.2 Å². The van der Waals surface area contributed by atoms with Crippen LogP contribution in [0.1, 0.15) is 11.1 Å². The van der Waals surface area contributed by atoms with Gasteiger partial charge in [0.2, 0.25) is 0 Å². The van der Waals surface area contributed by atoms with Gasteiger partial charge in [0, 0.05) is 18.1 Å². The second kappa shape index (κ2) is 4.75. The molecule has 1 heterocycles. The Balaban J connectivity index is 2.47. The van der Waals surface area contributed by atoms with E-state index in [0.717, 1.165) is 10.6 Å². The molecule has 2 aromatic rings. The van der Waals surface area contributed by atoms with Crippen LogP contribution in [0.15, 0.2) is 41.5 Å². The van der Waals surface area contributed by atoms with Gasteiger partial charge in [-0.3, -0.25) is 4.57 Å². The van der Waals surface area contributed by atoms with Crippen LogP contribution in [-0.4, -0.2) is 9.55 Å². The van der Waals surface area contributed by atoms with E-state index in [1.165, 1.54) is 30.6 Å². The van der Waals surface area contributed by atoms with Gasteiger partial charge in [-0.2, -0.15) is 13.2 Å². The Morgan fingerprint density at radius 3 is 2.68 bits per heavy atom. The molecule has 0 amide bonds. The molecule has 0 saturated heterocycles. The maximum atomic E-state index is 12.9. The highest BCUT2D eigenvalue weighted by Crippen LogP contribution is 2.33. The molecular weight excluding hydrogens is 259 g/mol. The van der Waals surface area contributed by atoms with Gasteiger partial charge in [0.05, 0.1) is 12.1 Å². The molecule has 2 N–H and O–H groups in total. The largest absolute Gasteiger partial charge is 0.416 e. The van der Waals surface area contributed by atoms with E-state index in [0.29, 0.717) is 0 Å². The lowest BCUT2D eigenvalue weighted by Gasteiger charge is -2.14. The Morgan fingerprint density at radius 1 is 1.32 bits per heavy atom. The summed E-state index contributed by atoms with van der Waals surface area (Å²) in [4.78, 5) is 14.9. The molecule has 0 spiro atoms. The van der Waals surface area contributed by atoms with Gasteiger partial charge in [-0.25, -0.2) is 9.78 Å². The van der Waals surface area contributed by atoms with Gasteiger partial charge in [-0.1, -0.05) is 6.07 Å². The molecule has 2 rings (SSSR count). The number of nitrogen functional groups attached to an aromatic ring is 1. The first-order valence-corrected chi connectivity index (χ1v) is 5.35. The van der Waals surface area contributed by atoms with Gasteiger partial charge in [0.1, 0.15) is 0 Å². The lowest BCUT2D eigenvalue weighted by Crippen LogP contribution is -2.23. The molecule has 19 heavy (non-hydrogen) atoms. The molecule has 1 aromatic heterocycles. The summed E-state index contributed by atoms with van der Waals surface area (Å²) in [6.45, 7) is -0.207. The number of halogens is 3. The predicted molar refractivity (Wildman–Crippen MR) is 63.5 cm³/mol. The minimum atomic E-state index is -4.52. The van der Waals surface area contributed by atoms with Crippen molar-refractivity contribution in [3.63, 3.8) is 0 Å². The number of hydrogen-bond acceptors (Lipinski definition) is 3. The van der Waals surface area contributed by atoms with E-state index in [9.17, 15) is 18.0 Å². The molecule has 0 bridgehead atoms. The maximum Gasteiger partial charge on any atom is 0.416 e. The zero-order valence-electron chi connectivity index (χ0n) is 9.69. The molecule has 0 fully saturated rings. The fourth-order valence-electron chi connectivity index (χ4n) is 1.69. The van der Waals surface area contributed by atoms with E-state index >= 15 is 0 Å². The quantitative estimate of drug-likeness (QED) is 0.847. The van der Waals surface area contributed by atoms with Crippen molar-refractivity contribution >= 4 is 5.69 Å². The van der Waals surface area contributed by atoms with Crippen LogP contribution < -0.4 is 11.4 Å². The number of benzene rings is 1. The first kappa shape index (κ1) is 13.1. The fraction of sp³-hybridized carbons (Fsp3) is 0.167. The van der Waals surface area contributed by atoms with Crippen molar-refractivity contribution in [3.05, 3.63) is 58.3 Å². The summed E-state index contributed by atoms with van der Waals surface area (Å²) in [7, 11) is 0. The van der Waals surface area contributed by atoms with Gasteiger partial charge in [-0.05, 0) is 23.8 Å². The smallest absolute Gasteiger partial charge is 0.399 e. The van der Waals surface area contributed by atoms with Crippen molar-refractivity contribution in [2.24, 2.45) is 0 Å². The van der Waals surface area contributed by atoms with Crippen LogP contribution in [0.3, 0.4) is 0 Å². The van der Waals surface area contributed by atoms with Gasteiger partial charge >= 0.3 is 11.9 Å². The molecule has 1 aromatic carbocycles. The number of anilines is 1. The molecule has 0 aliphatic rings. The number of aromatic nitrogens is 2. The van der Waals surface area contributed by atoms with E-state index < -0.39 is 17.4 Å². The third kappa shape index (κ3) is 2.93. The highest BCUT2D eigenvalue weighted by Gasteiger charge is 2.33. The fourth-order valence-corrected chi connectivity index (χ4v) is 1.69. The predicted octanol–water partition coefficient (Wildman–Crippen LogP) is 1.89. The van der Waals surface area contributed by atoms with Crippen LogP contribution in [0.5, 0.6) is 0 Å².